The molecule has 7 heavy (non-hydrogen) atoms. The smallest absolute Gasteiger partial charge is 0.324 e. The van der Waals surface area contributed by atoms with Crippen molar-refractivity contribution in [1.29, 1.82) is 0 Å². The molecule has 0 aliphatic carbocycles. The van der Waals surface area contributed by atoms with Gasteiger partial charge in [-0.1, -0.05) is 4.57 Å². The van der Waals surface area contributed by atoms with Gasteiger partial charge >= 0.3 is 8.46 Å². The molecule has 1 unspecified atom stereocenters. The maximum Gasteiger partial charge on any atom is 0.324 e. The van der Waals surface area contributed by atoms with Crippen LogP contribution in [0.4, 0.5) is 0 Å². The molecular formula is C4H10O2P+. The zero-order valence-electron chi connectivity index (χ0n) is 4.18. The summed E-state index contributed by atoms with van der Waals surface area (Å²) in [5.74, 6) is 0. The minimum atomic E-state index is -0.193. The van der Waals surface area contributed by atoms with Crippen LogP contribution in [0.1, 0.15) is 12.8 Å². The van der Waals surface area contributed by atoms with E-state index in [1.807, 2.05) is 0 Å². The standard InChI is InChI=1S/C4H9O2P/c5-3-1-2-4-7-6/h5H,1-4H2/p+1. The van der Waals surface area contributed by atoms with Crippen molar-refractivity contribution in [2.45, 2.75) is 12.8 Å². The Labute approximate surface area is 44.7 Å². The van der Waals surface area contributed by atoms with Gasteiger partial charge in [0.25, 0.3) is 0 Å². The van der Waals surface area contributed by atoms with Gasteiger partial charge in [-0.15, -0.1) is 0 Å². The van der Waals surface area contributed by atoms with E-state index < -0.39 is 0 Å². The lowest BCUT2D eigenvalue weighted by Crippen LogP contribution is -1.81. The quantitative estimate of drug-likeness (QED) is 0.441. The van der Waals surface area contributed by atoms with Gasteiger partial charge in [0.2, 0.25) is 0 Å². The molecule has 0 aromatic carbocycles. The van der Waals surface area contributed by atoms with E-state index in [0.29, 0.717) is 0 Å². The van der Waals surface area contributed by atoms with Crippen LogP contribution in [0.25, 0.3) is 0 Å². The Bertz CT molecular complexity index is 47.0. The lowest BCUT2D eigenvalue weighted by molar-refractivity contribution is 0.287. The Balaban J connectivity index is 2.56. The topological polar surface area (TPSA) is 37.3 Å². The van der Waals surface area contributed by atoms with Crippen LogP contribution >= 0.6 is 8.46 Å². The first-order valence-corrected chi connectivity index (χ1v) is 3.49. The molecule has 3 heteroatoms. The molecule has 0 amide bonds. The number of hydrogen-bond donors (Lipinski definition) is 1. The molecule has 0 aliphatic rings. The van der Waals surface area contributed by atoms with Crippen LogP contribution < -0.4 is 0 Å². The van der Waals surface area contributed by atoms with Crippen molar-refractivity contribution in [3.8, 4) is 0 Å². The van der Waals surface area contributed by atoms with Gasteiger partial charge in [-0.05, 0) is 12.8 Å². The minimum Gasteiger partial charge on any atom is -0.396 e. The molecule has 0 spiro atoms. The SMILES string of the molecule is O=[PH+]CCCCO. The Morgan fingerprint density at radius 1 is 1.43 bits per heavy atom. The molecule has 1 N–H and O–H groups in total. The van der Waals surface area contributed by atoms with Gasteiger partial charge in [-0.3, -0.25) is 0 Å². The van der Waals surface area contributed by atoms with Crippen molar-refractivity contribution in [2.24, 2.45) is 0 Å². The van der Waals surface area contributed by atoms with Crippen molar-refractivity contribution in [1.82, 2.24) is 0 Å². The van der Waals surface area contributed by atoms with E-state index in [0.717, 1.165) is 19.0 Å². The first-order valence-electron chi connectivity index (χ1n) is 2.37. The molecule has 0 bridgehead atoms. The lowest BCUT2D eigenvalue weighted by Gasteiger charge is -1.81. The van der Waals surface area contributed by atoms with E-state index in [2.05, 4.69) is 0 Å². The maximum atomic E-state index is 9.75. The number of hydrogen-bond acceptors (Lipinski definition) is 2. The summed E-state index contributed by atoms with van der Waals surface area (Å²) in [6.07, 6.45) is 2.41. The Hall–Kier alpha value is 0.0600. The average molecular weight is 121 g/mol. The third-order valence-electron chi connectivity index (χ3n) is 0.687. The van der Waals surface area contributed by atoms with Crippen LogP contribution in [0.2, 0.25) is 0 Å². The molecular weight excluding hydrogens is 111 g/mol. The van der Waals surface area contributed by atoms with E-state index in [1.165, 1.54) is 0 Å². The van der Waals surface area contributed by atoms with Crippen LogP contribution in [0.5, 0.6) is 0 Å². The summed E-state index contributed by atoms with van der Waals surface area (Å²) in [4.78, 5) is 0. The van der Waals surface area contributed by atoms with Crippen LogP contribution in [0.15, 0.2) is 0 Å². The van der Waals surface area contributed by atoms with Crippen molar-refractivity contribution >= 4 is 8.46 Å². The fourth-order valence-corrected chi connectivity index (χ4v) is 0.703. The van der Waals surface area contributed by atoms with Gasteiger partial charge in [0.1, 0.15) is 6.16 Å². The minimum absolute atomic E-state index is 0.193. The van der Waals surface area contributed by atoms with Gasteiger partial charge in [-0.25, -0.2) is 0 Å². The molecule has 0 heterocycles. The van der Waals surface area contributed by atoms with Crippen molar-refractivity contribution < 1.29 is 9.67 Å². The van der Waals surface area contributed by atoms with Crippen molar-refractivity contribution in [2.75, 3.05) is 12.8 Å². The highest BCUT2D eigenvalue weighted by molar-refractivity contribution is 7.23. The largest absolute Gasteiger partial charge is 0.396 e. The molecule has 0 aromatic heterocycles. The molecule has 1 atom stereocenters. The predicted octanol–water partition coefficient (Wildman–Crippen LogP) is 0.783. The summed E-state index contributed by atoms with van der Waals surface area (Å²) in [6, 6.07) is 0. The maximum absolute atomic E-state index is 9.75. The molecule has 0 radical (unpaired) electrons. The van der Waals surface area contributed by atoms with Gasteiger partial charge in [-0.2, -0.15) is 0 Å². The Morgan fingerprint density at radius 3 is 2.57 bits per heavy atom. The predicted molar refractivity (Wildman–Crippen MR) is 30.2 cm³/mol. The Morgan fingerprint density at radius 2 is 2.14 bits per heavy atom. The monoisotopic (exact) mass is 121 g/mol. The molecule has 0 rings (SSSR count). The normalized spacial score (nSPS) is 9.86. The molecule has 0 aliphatic heterocycles. The van der Waals surface area contributed by atoms with E-state index in [4.69, 9.17) is 5.11 Å². The van der Waals surface area contributed by atoms with Gasteiger partial charge < -0.3 is 5.11 Å². The summed E-state index contributed by atoms with van der Waals surface area (Å²) in [5, 5.41) is 8.19. The molecule has 42 valence electrons. The fraction of sp³-hybridized carbons (Fsp3) is 1.00. The van der Waals surface area contributed by atoms with Crippen LogP contribution in [0, 0.1) is 0 Å². The summed E-state index contributed by atoms with van der Waals surface area (Å²) < 4.78 is 9.75. The third-order valence-corrected chi connectivity index (χ3v) is 1.24. The fourth-order valence-electron chi connectivity index (χ4n) is 0.309. The second kappa shape index (κ2) is 6.06. The number of rotatable bonds is 4. The molecule has 0 aromatic rings. The number of aliphatic hydroxyl groups excluding tert-OH is 1. The number of aliphatic hydroxyl groups is 1. The highest BCUT2D eigenvalue weighted by Gasteiger charge is 1.88. The van der Waals surface area contributed by atoms with Crippen LogP contribution in [0.3, 0.4) is 0 Å². The van der Waals surface area contributed by atoms with Crippen molar-refractivity contribution in [3.05, 3.63) is 0 Å². The first kappa shape index (κ1) is 7.06. The Kier molecular flexibility index (Phi) is 6.11. The van der Waals surface area contributed by atoms with E-state index in [1.54, 1.807) is 0 Å². The highest BCUT2D eigenvalue weighted by atomic mass is 31.1. The van der Waals surface area contributed by atoms with Gasteiger partial charge in [0.05, 0.1) is 0 Å². The zero-order chi connectivity index (χ0) is 5.54. The first-order chi connectivity index (χ1) is 3.41. The summed E-state index contributed by atoms with van der Waals surface area (Å²) in [6.45, 7) is 0.227. The zero-order valence-corrected chi connectivity index (χ0v) is 5.18. The van der Waals surface area contributed by atoms with E-state index in [-0.39, 0.29) is 15.1 Å². The summed E-state index contributed by atoms with van der Waals surface area (Å²) in [7, 11) is -0.193. The van der Waals surface area contributed by atoms with Gasteiger partial charge in [0.15, 0.2) is 0 Å². The third kappa shape index (κ3) is 6.06. The highest BCUT2D eigenvalue weighted by Crippen LogP contribution is 1.96. The van der Waals surface area contributed by atoms with Crippen LogP contribution in [-0.2, 0) is 4.57 Å². The van der Waals surface area contributed by atoms with Crippen LogP contribution in [-0.4, -0.2) is 17.9 Å². The summed E-state index contributed by atoms with van der Waals surface area (Å²) in [5.41, 5.74) is 0. The van der Waals surface area contributed by atoms with Gasteiger partial charge in [0, 0.05) is 6.61 Å². The van der Waals surface area contributed by atoms with E-state index in [9.17, 15) is 4.57 Å². The summed E-state index contributed by atoms with van der Waals surface area (Å²) >= 11 is 0. The lowest BCUT2D eigenvalue weighted by atomic mass is 10.4. The average Bonchev–Trinajstić information content (AvgIpc) is 1.69. The second-order valence-electron chi connectivity index (χ2n) is 1.33. The molecule has 2 nitrogen and oxygen atoms in total. The molecule has 0 fully saturated rings. The number of unbranched alkanes of at least 4 members (excludes halogenated alkanes) is 1. The molecule has 0 saturated carbocycles. The van der Waals surface area contributed by atoms with Crippen molar-refractivity contribution in [3.63, 3.8) is 0 Å². The molecule has 0 saturated heterocycles. The second-order valence-corrected chi connectivity index (χ2v) is 2.11. The van der Waals surface area contributed by atoms with E-state index >= 15 is 0 Å².